The summed E-state index contributed by atoms with van der Waals surface area (Å²) < 4.78 is 10.9. The second-order valence-electron chi connectivity index (χ2n) is 3.95. The van der Waals surface area contributed by atoms with Crippen molar-refractivity contribution in [2.45, 2.75) is 0 Å². The topological polar surface area (TPSA) is 49.3 Å². The molecular formula is C12H19N2O2+. The lowest BCUT2D eigenvalue weighted by Gasteiger charge is -2.26. The number of morpholine rings is 1. The van der Waals surface area contributed by atoms with E-state index in [1.807, 2.05) is 24.3 Å². The van der Waals surface area contributed by atoms with E-state index in [9.17, 15) is 0 Å². The summed E-state index contributed by atoms with van der Waals surface area (Å²) >= 11 is 0. The first kappa shape index (κ1) is 11.4. The van der Waals surface area contributed by atoms with Crippen LogP contribution in [0.4, 0.5) is 5.69 Å². The first-order chi connectivity index (χ1) is 7.84. The van der Waals surface area contributed by atoms with Crippen LogP contribution < -0.4 is 10.5 Å². The molecule has 0 aliphatic carbocycles. The third kappa shape index (κ3) is 3.48. The number of benzene rings is 1. The summed E-state index contributed by atoms with van der Waals surface area (Å²) in [5.41, 5.74) is 4.85. The second kappa shape index (κ2) is 5.84. The van der Waals surface area contributed by atoms with Gasteiger partial charge in [-0.1, -0.05) is 0 Å². The van der Waals surface area contributed by atoms with Gasteiger partial charge in [0.25, 0.3) is 0 Å². The van der Waals surface area contributed by atoms with Gasteiger partial charge in [0.1, 0.15) is 18.0 Å². The molecule has 88 valence electrons. The molecule has 1 aliphatic rings. The number of rotatable bonds is 4. The summed E-state index contributed by atoms with van der Waals surface area (Å²) in [5, 5.41) is 0. The molecule has 1 aromatic rings. The highest BCUT2D eigenvalue weighted by atomic mass is 16.5. The van der Waals surface area contributed by atoms with Crippen LogP contribution in [0.2, 0.25) is 0 Å². The van der Waals surface area contributed by atoms with Gasteiger partial charge in [0, 0.05) is 31.8 Å². The summed E-state index contributed by atoms with van der Waals surface area (Å²) in [6, 6.07) is 7.84. The van der Waals surface area contributed by atoms with Gasteiger partial charge < -0.3 is 15.2 Å². The van der Waals surface area contributed by atoms with Crippen molar-refractivity contribution in [3.8, 4) is 5.75 Å². The van der Waals surface area contributed by atoms with E-state index < -0.39 is 0 Å². The van der Waals surface area contributed by atoms with E-state index >= 15 is 0 Å². The van der Waals surface area contributed by atoms with E-state index in [0.29, 0.717) is 0 Å². The fourth-order valence-corrected chi connectivity index (χ4v) is 1.70. The lowest BCUT2D eigenvalue weighted by atomic mass is 10.3. The summed E-state index contributed by atoms with van der Waals surface area (Å²) in [4.78, 5) is 2.36. The molecule has 3 N–H and O–H groups in total. The van der Waals surface area contributed by atoms with Gasteiger partial charge in [-0.3, -0.25) is 4.90 Å². The molecule has 0 saturated carbocycles. The first-order valence-corrected chi connectivity index (χ1v) is 5.69. The molecule has 1 aliphatic heterocycles. The maximum atomic E-state index is 5.65. The summed E-state index contributed by atoms with van der Waals surface area (Å²) in [7, 11) is 0. The Morgan fingerprint density at radius 2 is 1.88 bits per heavy atom. The van der Waals surface area contributed by atoms with Crippen LogP contribution >= 0.6 is 0 Å². The minimum Gasteiger partial charge on any atom is -0.492 e. The zero-order chi connectivity index (χ0) is 11.2. The third-order valence-corrected chi connectivity index (χ3v) is 2.70. The normalized spacial score (nSPS) is 17.3. The molecule has 4 heteroatoms. The fourth-order valence-electron chi connectivity index (χ4n) is 1.70. The summed E-state index contributed by atoms with van der Waals surface area (Å²) in [5.74, 6) is 0.917. The SMILES string of the molecule is [NH3+]c1ccc(OCCN2CCOCC2)cc1. The number of ether oxygens (including phenoxy) is 2. The molecular weight excluding hydrogens is 204 g/mol. The molecule has 16 heavy (non-hydrogen) atoms. The Morgan fingerprint density at radius 1 is 1.19 bits per heavy atom. The third-order valence-electron chi connectivity index (χ3n) is 2.70. The molecule has 4 nitrogen and oxygen atoms in total. The molecule has 0 radical (unpaired) electrons. The van der Waals surface area contributed by atoms with Crippen LogP contribution in [0, 0.1) is 0 Å². The Bertz CT molecular complexity index is 307. The lowest BCUT2D eigenvalue weighted by Crippen LogP contribution is -2.40. The van der Waals surface area contributed by atoms with Crippen molar-refractivity contribution in [3.63, 3.8) is 0 Å². The van der Waals surface area contributed by atoms with Gasteiger partial charge in [0.15, 0.2) is 0 Å². The molecule has 0 spiro atoms. The average molecular weight is 223 g/mol. The van der Waals surface area contributed by atoms with Gasteiger partial charge in [0.05, 0.1) is 13.2 Å². The van der Waals surface area contributed by atoms with Crippen molar-refractivity contribution in [2.75, 3.05) is 39.5 Å². The zero-order valence-electron chi connectivity index (χ0n) is 9.52. The molecule has 2 rings (SSSR count). The maximum Gasteiger partial charge on any atom is 0.128 e. The molecule has 1 fully saturated rings. The molecule has 0 amide bonds. The van der Waals surface area contributed by atoms with Gasteiger partial charge in [-0.05, 0) is 12.1 Å². The first-order valence-electron chi connectivity index (χ1n) is 5.69. The largest absolute Gasteiger partial charge is 0.492 e. The predicted octanol–water partition coefficient (Wildman–Crippen LogP) is 0.271. The monoisotopic (exact) mass is 223 g/mol. The van der Waals surface area contributed by atoms with E-state index in [2.05, 4.69) is 10.6 Å². The van der Waals surface area contributed by atoms with Gasteiger partial charge in [0.2, 0.25) is 0 Å². The average Bonchev–Trinajstić information content (AvgIpc) is 2.33. The molecule has 1 aromatic carbocycles. The predicted molar refractivity (Wildman–Crippen MR) is 61.7 cm³/mol. The smallest absolute Gasteiger partial charge is 0.128 e. The number of hydrogen-bond acceptors (Lipinski definition) is 3. The highest BCUT2D eigenvalue weighted by Crippen LogP contribution is 2.12. The van der Waals surface area contributed by atoms with Crippen molar-refractivity contribution >= 4 is 5.69 Å². The van der Waals surface area contributed by atoms with Crippen LogP contribution in [0.1, 0.15) is 0 Å². The quantitative estimate of drug-likeness (QED) is 0.797. The van der Waals surface area contributed by atoms with Gasteiger partial charge in [-0.2, -0.15) is 0 Å². The van der Waals surface area contributed by atoms with Gasteiger partial charge in [-0.15, -0.1) is 0 Å². The second-order valence-corrected chi connectivity index (χ2v) is 3.95. The Kier molecular flexibility index (Phi) is 4.16. The number of hydrogen-bond donors (Lipinski definition) is 1. The summed E-state index contributed by atoms with van der Waals surface area (Å²) in [6.07, 6.45) is 0. The van der Waals surface area contributed by atoms with Crippen molar-refractivity contribution < 1.29 is 15.2 Å². The number of quaternary nitrogens is 1. The van der Waals surface area contributed by atoms with Crippen LogP contribution in [-0.2, 0) is 4.74 Å². The molecule has 0 unspecified atom stereocenters. The molecule has 0 atom stereocenters. The highest BCUT2D eigenvalue weighted by molar-refractivity contribution is 5.34. The van der Waals surface area contributed by atoms with Crippen LogP contribution in [0.3, 0.4) is 0 Å². The Labute approximate surface area is 95.9 Å². The zero-order valence-corrected chi connectivity index (χ0v) is 9.52. The Morgan fingerprint density at radius 3 is 2.56 bits per heavy atom. The van der Waals surface area contributed by atoms with Crippen LogP contribution in [0.5, 0.6) is 5.75 Å². The summed E-state index contributed by atoms with van der Waals surface area (Å²) in [6.45, 7) is 5.42. The van der Waals surface area contributed by atoms with E-state index in [4.69, 9.17) is 9.47 Å². The van der Waals surface area contributed by atoms with E-state index in [0.717, 1.165) is 50.9 Å². The van der Waals surface area contributed by atoms with Crippen LogP contribution in [-0.4, -0.2) is 44.4 Å². The lowest BCUT2D eigenvalue weighted by molar-refractivity contribution is -0.254. The van der Waals surface area contributed by atoms with Crippen LogP contribution in [0.25, 0.3) is 0 Å². The van der Waals surface area contributed by atoms with E-state index in [1.165, 1.54) is 0 Å². The van der Waals surface area contributed by atoms with Crippen molar-refractivity contribution in [2.24, 2.45) is 0 Å². The molecule has 1 saturated heterocycles. The van der Waals surface area contributed by atoms with Crippen molar-refractivity contribution in [1.82, 2.24) is 4.90 Å². The Hall–Kier alpha value is -1.10. The van der Waals surface area contributed by atoms with Gasteiger partial charge >= 0.3 is 0 Å². The Balaban J connectivity index is 1.69. The molecule has 0 bridgehead atoms. The van der Waals surface area contributed by atoms with E-state index in [1.54, 1.807) is 0 Å². The minimum absolute atomic E-state index is 0.733. The standard InChI is InChI=1S/C12H18N2O2/c13-11-1-3-12(4-2-11)16-10-7-14-5-8-15-9-6-14/h1-4H,5-10,13H2/p+1. The van der Waals surface area contributed by atoms with Crippen molar-refractivity contribution in [1.29, 1.82) is 0 Å². The molecule has 0 aromatic heterocycles. The van der Waals surface area contributed by atoms with E-state index in [-0.39, 0.29) is 0 Å². The number of nitrogens with zero attached hydrogens (tertiary/aromatic N) is 1. The minimum atomic E-state index is 0.733. The maximum absolute atomic E-state index is 5.65. The van der Waals surface area contributed by atoms with Gasteiger partial charge in [-0.25, -0.2) is 0 Å². The fraction of sp³-hybridized carbons (Fsp3) is 0.500. The van der Waals surface area contributed by atoms with Crippen molar-refractivity contribution in [3.05, 3.63) is 24.3 Å². The van der Waals surface area contributed by atoms with Crippen LogP contribution in [0.15, 0.2) is 24.3 Å². The highest BCUT2D eigenvalue weighted by Gasteiger charge is 2.09. The molecule has 1 heterocycles.